The van der Waals surface area contributed by atoms with Crippen molar-refractivity contribution in [2.24, 2.45) is 0 Å². The Morgan fingerprint density at radius 3 is 2.55 bits per heavy atom. The van der Waals surface area contributed by atoms with Crippen molar-refractivity contribution in [2.45, 2.75) is 51.4 Å². The summed E-state index contributed by atoms with van der Waals surface area (Å²) in [4.78, 5) is 26.8. The Balaban J connectivity index is 2.90. The van der Waals surface area contributed by atoms with Crippen LogP contribution in [0.3, 0.4) is 0 Å². The summed E-state index contributed by atoms with van der Waals surface area (Å²) in [5, 5.41) is 12.1. The van der Waals surface area contributed by atoms with E-state index in [1.54, 1.807) is 10.8 Å². The number of aromatic nitrogens is 2. The van der Waals surface area contributed by atoms with E-state index in [4.69, 9.17) is 5.11 Å². The standard InChI is InChI=1S/C13H21N3O3S/c1-8(2)10-5-14-13(20-7-12(18)19)16(10)6-11(17)15-9(3)4/h5,8-9H,6-7H2,1-4H3,(H,15,17)(H,18,19). The average Bonchev–Trinajstić information content (AvgIpc) is 2.68. The second-order valence-electron chi connectivity index (χ2n) is 5.11. The number of carbonyl (C=O) groups excluding carboxylic acids is 1. The van der Waals surface area contributed by atoms with Gasteiger partial charge in [-0.25, -0.2) is 4.98 Å². The molecule has 0 aliphatic carbocycles. The number of hydrogen-bond acceptors (Lipinski definition) is 4. The van der Waals surface area contributed by atoms with Crippen molar-refractivity contribution in [3.05, 3.63) is 11.9 Å². The number of amides is 1. The summed E-state index contributed by atoms with van der Waals surface area (Å²) in [6.07, 6.45) is 1.71. The molecule has 1 aromatic rings. The zero-order chi connectivity index (χ0) is 15.3. The van der Waals surface area contributed by atoms with E-state index in [0.717, 1.165) is 17.5 Å². The van der Waals surface area contributed by atoms with Gasteiger partial charge in [-0.3, -0.25) is 9.59 Å². The van der Waals surface area contributed by atoms with E-state index < -0.39 is 5.97 Å². The second-order valence-corrected chi connectivity index (χ2v) is 6.05. The Morgan fingerprint density at radius 1 is 1.40 bits per heavy atom. The van der Waals surface area contributed by atoms with Gasteiger partial charge in [0.15, 0.2) is 5.16 Å². The fourth-order valence-electron chi connectivity index (χ4n) is 1.74. The van der Waals surface area contributed by atoms with Crippen LogP contribution in [0.1, 0.15) is 39.3 Å². The number of carboxylic acid groups (broad SMARTS) is 1. The lowest BCUT2D eigenvalue weighted by Gasteiger charge is -2.14. The van der Waals surface area contributed by atoms with E-state index in [1.807, 2.05) is 27.7 Å². The smallest absolute Gasteiger partial charge is 0.313 e. The molecular weight excluding hydrogens is 278 g/mol. The Hall–Kier alpha value is -1.50. The van der Waals surface area contributed by atoms with Crippen LogP contribution in [0.4, 0.5) is 0 Å². The van der Waals surface area contributed by atoms with Crippen LogP contribution in [0.2, 0.25) is 0 Å². The van der Waals surface area contributed by atoms with Gasteiger partial charge in [0.1, 0.15) is 6.54 Å². The molecule has 1 heterocycles. The molecule has 6 nitrogen and oxygen atoms in total. The van der Waals surface area contributed by atoms with Crippen LogP contribution in [0.5, 0.6) is 0 Å². The number of thioether (sulfide) groups is 1. The SMILES string of the molecule is CC(C)NC(=O)Cn1c(C(C)C)cnc1SCC(=O)O. The number of hydrogen-bond donors (Lipinski definition) is 2. The zero-order valence-corrected chi connectivity index (χ0v) is 13.0. The molecule has 1 amide bonds. The fourth-order valence-corrected chi connectivity index (χ4v) is 2.45. The van der Waals surface area contributed by atoms with Gasteiger partial charge in [-0.1, -0.05) is 25.6 Å². The van der Waals surface area contributed by atoms with Crippen LogP contribution in [0.25, 0.3) is 0 Å². The third-order valence-electron chi connectivity index (χ3n) is 2.52. The van der Waals surface area contributed by atoms with Gasteiger partial charge in [0.2, 0.25) is 5.91 Å². The van der Waals surface area contributed by atoms with E-state index in [0.29, 0.717) is 5.16 Å². The Bertz CT molecular complexity index is 483. The summed E-state index contributed by atoms with van der Waals surface area (Å²) >= 11 is 1.13. The number of nitrogens with zero attached hydrogens (tertiary/aromatic N) is 2. The lowest BCUT2D eigenvalue weighted by Crippen LogP contribution is -2.33. The number of imidazole rings is 1. The van der Waals surface area contributed by atoms with Gasteiger partial charge < -0.3 is 15.0 Å². The molecule has 0 fully saturated rings. The highest BCUT2D eigenvalue weighted by atomic mass is 32.2. The summed E-state index contributed by atoms with van der Waals surface area (Å²) in [6.45, 7) is 7.98. The first-order chi connectivity index (χ1) is 9.31. The van der Waals surface area contributed by atoms with Crippen molar-refractivity contribution in [1.82, 2.24) is 14.9 Å². The maximum absolute atomic E-state index is 11.9. The van der Waals surface area contributed by atoms with Crippen LogP contribution >= 0.6 is 11.8 Å². The van der Waals surface area contributed by atoms with Gasteiger partial charge in [-0.15, -0.1) is 0 Å². The van der Waals surface area contributed by atoms with Gasteiger partial charge in [0, 0.05) is 17.9 Å². The molecule has 0 aliphatic rings. The highest BCUT2D eigenvalue weighted by Crippen LogP contribution is 2.23. The number of nitrogens with one attached hydrogen (secondary N) is 1. The molecule has 1 aromatic heterocycles. The molecule has 0 spiro atoms. The summed E-state index contributed by atoms with van der Waals surface area (Å²) in [5.41, 5.74) is 0.928. The maximum Gasteiger partial charge on any atom is 0.313 e. The van der Waals surface area contributed by atoms with Gasteiger partial charge in [-0.05, 0) is 19.8 Å². The van der Waals surface area contributed by atoms with Crippen molar-refractivity contribution < 1.29 is 14.7 Å². The van der Waals surface area contributed by atoms with Crippen LogP contribution < -0.4 is 5.32 Å². The predicted octanol–water partition coefficient (Wildman–Crippen LogP) is 1.71. The topological polar surface area (TPSA) is 84.2 Å². The summed E-state index contributed by atoms with van der Waals surface area (Å²) in [5.74, 6) is -0.853. The fraction of sp³-hybridized carbons (Fsp3) is 0.615. The first kappa shape index (κ1) is 16.6. The van der Waals surface area contributed by atoms with Gasteiger partial charge in [0.25, 0.3) is 0 Å². The Kier molecular flexibility index (Phi) is 6.06. The molecular formula is C13H21N3O3S. The Labute approximate surface area is 123 Å². The van der Waals surface area contributed by atoms with Crippen LogP contribution in [-0.2, 0) is 16.1 Å². The molecule has 0 saturated heterocycles. The molecule has 0 saturated carbocycles. The number of carboxylic acids is 1. The van der Waals surface area contributed by atoms with Crippen LogP contribution in [0, 0.1) is 0 Å². The zero-order valence-electron chi connectivity index (χ0n) is 12.2. The molecule has 1 rings (SSSR count). The first-order valence-corrected chi connectivity index (χ1v) is 7.49. The average molecular weight is 299 g/mol. The van der Waals surface area contributed by atoms with E-state index in [2.05, 4.69) is 10.3 Å². The molecule has 112 valence electrons. The molecule has 0 bridgehead atoms. The monoisotopic (exact) mass is 299 g/mol. The molecule has 0 atom stereocenters. The van der Waals surface area contributed by atoms with E-state index in [9.17, 15) is 9.59 Å². The van der Waals surface area contributed by atoms with Crippen molar-refractivity contribution in [1.29, 1.82) is 0 Å². The molecule has 0 radical (unpaired) electrons. The third kappa shape index (κ3) is 4.88. The third-order valence-corrected chi connectivity index (χ3v) is 3.49. The Morgan fingerprint density at radius 2 is 2.05 bits per heavy atom. The first-order valence-electron chi connectivity index (χ1n) is 6.50. The molecule has 7 heteroatoms. The summed E-state index contributed by atoms with van der Waals surface area (Å²) in [6, 6.07) is 0.0728. The largest absolute Gasteiger partial charge is 0.481 e. The molecule has 20 heavy (non-hydrogen) atoms. The number of rotatable bonds is 7. The van der Waals surface area contributed by atoms with E-state index >= 15 is 0 Å². The minimum absolute atomic E-state index is 0.0691. The van der Waals surface area contributed by atoms with Crippen molar-refractivity contribution >= 4 is 23.6 Å². The van der Waals surface area contributed by atoms with Gasteiger partial charge >= 0.3 is 5.97 Å². The maximum atomic E-state index is 11.9. The quantitative estimate of drug-likeness (QED) is 0.749. The van der Waals surface area contributed by atoms with E-state index in [1.165, 1.54) is 0 Å². The summed E-state index contributed by atoms with van der Waals surface area (Å²) < 4.78 is 1.79. The second kappa shape index (κ2) is 7.33. The van der Waals surface area contributed by atoms with Crippen molar-refractivity contribution in [2.75, 3.05) is 5.75 Å². The highest BCUT2D eigenvalue weighted by molar-refractivity contribution is 7.99. The van der Waals surface area contributed by atoms with Gasteiger partial charge in [0.05, 0.1) is 5.75 Å². The van der Waals surface area contributed by atoms with Crippen molar-refractivity contribution in [3.63, 3.8) is 0 Å². The van der Waals surface area contributed by atoms with E-state index in [-0.39, 0.29) is 30.2 Å². The normalized spacial score (nSPS) is 11.1. The lowest BCUT2D eigenvalue weighted by molar-refractivity contribution is -0.133. The predicted molar refractivity (Wildman–Crippen MR) is 78.0 cm³/mol. The highest BCUT2D eigenvalue weighted by Gasteiger charge is 2.17. The molecule has 0 aromatic carbocycles. The minimum Gasteiger partial charge on any atom is -0.481 e. The summed E-state index contributed by atoms with van der Waals surface area (Å²) in [7, 11) is 0. The van der Waals surface area contributed by atoms with Crippen LogP contribution in [-0.4, -0.2) is 38.3 Å². The van der Waals surface area contributed by atoms with Crippen LogP contribution in [0.15, 0.2) is 11.4 Å². The number of aliphatic carboxylic acids is 1. The molecule has 0 aliphatic heterocycles. The van der Waals surface area contributed by atoms with Crippen molar-refractivity contribution in [3.8, 4) is 0 Å². The van der Waals surface area contributed by atoms with Gasteiger partial charge in [-0.2, -0.15) is 0 Å². The molecule has 0 unspecified atom stereocenters. The molecule has 2 N–H and O–H groups in total. The number of carbonyl (C=O) groups is 2. The lowest BCUT2D eigenvalue weighted by atomic mass is 10.1. The minimum atomic E-state index is -0.901.